The highest BCUT2D eigenvalue weighted by Gasteiger charge is 2.31. The van der Waals surface area contributed by atoms with Gasteiger partial charge in [0.2, 0.25) is 17.8 Å². The van der Waals surface area contributed by atoms with Crippen molar-refractivity contribution in [3.63, 3.8) is 0 Å². The van der Waals surface area contributed by atoms with E-state index in [0.29, 0.717) is 30.7 Å². The summed E-state index contributed by atoms with van der Waals surface area (Å²) in [5.74, 6) is 0.428. The number of hydrogen-bond donors (Lipinski definition) is 2. The Hall–Kier alpha value is -3.93. The van der Waals surface area contributed by atoms with Crippen LogP contribution < -0.4 is 20.3 Å². The molecular formula is C23H23F3N6O3. The van der Waals surface area contributed by atoms with Gasteiger partial charge in [0.25, 0.3) is 0 Å². The van der Waals surface area contributed by atoms with Gasteiger partial charge < -0.3 is 25.0 Å². The summed E-state index contributed by atoms with van der Waals surface area (Å²) in [6.07, 6.45) is -3.37. The Morgan fingerprint density at radius 1 is 1.11 bits per heavy atom. The molecule has 3 aromatic rings. The van der Waals surface area contributed by atoms with Crippen molar-refractivity contribution in [3.05, 3.63) is 59.9 Å². The number of nitrogens with one attached hydrogen (secondary N) is 2. The van der Waals surface area contributed by atoms with Crippen molar-refractivity contribution < 1.29 is 27.4 Å². The molecule has 1 fully saturated rings. The van der Waals surface area contributed by atoms with Crippen LogP contribution in [0.25, 0.3) is 0 Å². The zero-order valence-corrected chi connectivity index (χ0v) is 19.0. The molecule has 1 aromatic heterocycles. The zero-order chi connectivity index (χ0) is 25.0. The molecule has 2 heterocycles. The van der Waals surface area contributed by atoms with Crippen LogP contribution in [-0.4, -0.2) is 46.4 Å². The Labute approximate surface area is 199 Å². The van der Waals surface area contributed by atoms with E-state index >= 15 is 0 Å². The van der Waals surface area contributed by atoms with E-state index in [-0.39, 0.29) is 24.4 Å². The van der Waals surface area contributed by atoms with Gasteiger partial charge in [0.15, 0.2) is 0 Å². The molecule has 4 rings (SSSR count). The number of benzene rings is 2. The third-order valence-electron chi connectivity index (χ3n) is 5.22. The summed E-state index contributed by atoms with van der Waals surface area (Å²) in [5.41, 5.74) is 3.04. The number of ether oxygens (including phenoxy) is 2. The second-order valence-electron chi connectivity index (χ2n) is 7.92. The van der Waals surface area contributed by atoms with Crippen LogP contribution in [0.4, 0.5) is 36.4 Å². The number of alkyl halides is 3. The maximum atomic E-state index is 12.3. The van der Waals surface area contributed by atoms with Crippen LogP contribution in [-0.2, 0) is 16.1 Å². The van der Waals surface area contributed by atoms with Gasteiger partial charge in [-0.2, -0.15) is 4.98 Å². The first kappa shape index (κ1) is 24.2. The Bertz CT molecular complexity index is 1180. The van der Waals surface area contributed by atoms with Crippen LogP contribution in [0.5, 0.6) is 5.75 Å². The monoisotopic (exact) mass is 488 g/mol. The summed E-state index contributed by atoms with van der Waals surface area (Å²) in [7, 11) is 0. The van der Waals surface area contributed by atoms with Crippen LogP contribution in [0.2, 0.25) is 0 Å². The molecule has 1 aliphatic rings. The number of anilines is 4. The molecule has 2 aromatic carbocycles. The Kier molecular flexibility index (Phi) is 7.01. The van der Waals surface area contributed by atoms with Crippen molar-refractivity contribution in [2.45, 2.75) is 32.9 Å². The zero-order valence-electron chi connectivity index (χ0n) is 19.0. The molecule has 0 atom stereocenters. The van der Waals surface area contributed by atoms with E-state index in [2.05, 4.69) is 30.3 Å². The highest BCUT2D eigenvalue weighted by atomic mass is 19.4. The van der Waals surface area contributed by atoms with Gasteiger partial charge in [0.1, 0.15) is 12.1 Å². The largest absolute Gasteiger partial charge is 0.573 e. The molecule has 1 saturated heterocycles. The molecule has 9 nitrogen and oxygen atoms in total. The average Bonchev–Trinajstić information content (AvgIpc) is 2.75. The summed E-state index contributed by atoms with van der Waals surface area (Å²) in [5, 5.41) is 5.94. The molecule has 0 radical (unpaired) electrons. The number of amides is 1. The first-order chi connectivity index (χ1) is 16.7. The normalized spacial score (nSPS) is 13.8. The average molecular weight is 488 g/mol. The highest BCUT2D eigenvalue weighted by molar-refractivity contribution is 5.90. The van der Waals surface area contributed by atoms with Gasteiger partial charge in [-0.15, -0.1) is 13.2 Å². The molecule has 2 N–H and O–H groups in total. The van der Waals surface area contributed by atoms with Crippen LogP contribution >= 0.6 is 0 Å². The van der Waals surface area contributed by atoms with Gasteiger partial charge in [-0.25, -0.2) is 9.97 Å². The summed E-state index contributed by atoms with van der Waals surface area (Å²) in [6.45, 7) is 4.72. The minimum Gasteiger partial charge on any atom is -0.406 e. The SMILES string of the molecule is CC(=O)Nc1cccc(Nc2ncnc(N3CC(OCc4ccc(OC(F)(F)F)cc4)C3)n2)c1C. The van der Waals surface area contributed by atoms with Crippen LogP contribution in [0.15, 0.2) is 48.8 Å². The number of carbonyl (C=O) groups excluding carboxylic acids is 1. The van der Waals surface area contributed by atoms with Crippen LogP contribution in [0.1, 0.15) is 18.1 Å². The third kappa shape index (κ3) is 6.57. The summed E-state index contributed by atoms with van der Waals surface area (Å²) in [6, 6.07) is 11.1. The number of halogens is 3. The van der Waals surface area contributed by atoms with Gasteiger partial charge >= 0.3 is 6.36 Å². The first-order valence-corrected chi connectivity index (χ1v) is 10.7. The van der Waals surface area contributed by atoms with E-state index < -0.39 is 6.36 Å². The van der Waals surface area contributed by atoms with Gasteiger partial charge in [-0.3, -0.25) is 4.79 Å². The number of aromatic nitrogens is 3. The summed E-state index contributed by atoms with van der Waals surface area (Å²) >= 11 is 0. The first-order valence-electron chi connectivity index (χ1n) is 10.7. The van der Waals surface area contributed by atoms with Gasteiger partial charge in [0.05, 0.1) is 12.7 Å². The van der Waals surface area contributed by atoms with E-state index in [1.807, 2.05) is 30.0 Å². The molecule has 184 valence electrons. The van der Waals surface area contributed by atoms with Crippen molar-refractivity contribution >= 4 is 29.2 Å². The highest BCUT2D eigenvalue weighted by Crippen LogP contribution is 2.27. The topological polar surface area (TPSA) is 102 Å². The third-order valence-corrected chi connectivity index (χ3v) is 5.22. The predicted molar refractivity (Wildman–Crippen MR) is 123 cm³/mol. The second-order valence-corrected chi connectivity index (χ2v) is 7.92. The lowest BCUT2D eigenvalue weighted by Crippen LogP contribution is -2.53. The van der Waals surface area contributed by atoms with Gasteiger partial charge in [-0.1, -0.05) is 18.2 Å². The molecule has 1 aliphatic heterocycles. The molecule has 12 heteroatoms. The number of nitrogens with zero attached hydrogens (tertiary/aromatic N) is 4. The lowest BCUT2D eigenvalue weighted by atomic mass is 10.1. The fourth-order valence-corrected chi connectivity index (χ4v) is 3.43. The van der Waals surface area contributed by atoms with Crippen LogP contribution in [0, 0.1) is 6.92 Å². The summed E-state index contributed by atoms with van der Waals surface area (Å²) in [4.78, 5) is 26.2. The van der Waals surface area contributed by atoms with Gasteiger partial charge in [-0.05, 0) is 42.3 Å². The van der Waals surface area contributed by atoms with E-state index in [9.17, 15) is 18.0 Å². The molecule has 0 unspecified atom stereocenters. The molecule has 35 heavy (non-hydrogen) atoms. The van der Waals surface area contributed by atoms with Crippen molar-refractivity contribution in [2.24, 2.45) is 0 Å². The van der Waals surface area contributed by atoms with Crippen molar-refractivity contribution in [1.29, 1.82) is 0 Å². The summed E-state index contributed by atoms with van der Waals surface area (Å²) < 4.78 is 46.4. The van der Waals surface area contributed by atoms with Gasteiger partial charge in [0, 0.05) is 31.4 Å². The second kappa shape index (κ2) is 10.1. The van der Waals surface area contributed by atoms with E-state index in [1.54, 1.807) is 0 Å². The maximum absolute atomic E-state index is 12.3. The molecule has 0 spiro atoms. The fourth-order valence-electron chi connectivity index (χ4n) is 3.43. The molecule has 0 bridgehead atoms. The molecular weight excluding hydrogens is 465 g/mol. The molecule has 0 saturated carbocycles. The van der Waals surface area contributed by atoms with Crippen molar-refractivity contribution in [3.8, 4) is 5.75 Å². The Balaban J connectivity index is 1.29. The number of rotatable bonds is 8. The quantitative estimate of drug-likeness (QED) is 0.487. The Morgan fingerprint density at radius 3 is 2.51 bits per heavy atom. The minimum atomic E-state index is -4.71. The fraction of sp³-hybridized carbons (Fsp3) is 0.304. The minimum absolute atomic E-state index is 0.0640. The van der Waals surface area contributed by atoms with E-state index in [4.69, 9.17) is 4.74 Å². The predicted octanol–water partition coefficient (Wildman–Crippen LogP) is 4.19. The Morgan fingerprint density at radius 2 is 1.83 bits per heavy atom. The standard InChI is InChI=1S/C23H23F3N6O3/c1-14-19(29-15(2)33)4-3-5-20(14)30-21-27-13-28-22(31-21)32-10-18(11-32)34-12-16-6-8-17(9-7-16)35-23(24,25)26/h3-9,13,18H,10-12H2,1-2H3,(H,29,33)(H,27,28,30,31). The number of carbonyl (C=O) groups is 1. The maximum Gasteiger partial charge on any atom is 0.573 e. The lowest BCUT2D eigenvalue weighted by molar-refractivity contribution is -0.274. The van der Waals surface area contributed by atoms with E-state index in [0.717, 1.165) is 16.8 Å². The lowest BCUT2D eigenvalue weighted by Gasteiger charge is -2.38. The van der Waals surface area contributed by atoms with E-state index in [1.165, 1.54) is 37.5 Å². The van der Waals surface area contributed by atoms with Crippen LogP contribution in [0.3, 0.4) is 0 Å². The smallest absolute Gasteiger partial charge is 0.406 e. The number of hydrogen-bond acceptors (Lipinski definition) is 8. The molecule has 1 amide bonds. The van der Waals surface area contributed by atoms with Crippen molar-refractivity contribution in [1.82, 2.24) is 15.0 Å². The van der Waals surface area contributed by atoms with Crippen molar-refractivity contribution in [2.75, 3.05) is 28.6 Å². The molecule has 0 aliphatic carbocycles.